The Kier molecular flexibility index (Phi) is 65.7. The van der Waals surface area contributed by atoms with E-state index in [4.69, 9.17) is 2.81 Å². The normalized spacial score (nSPS) is 1.00. The van der Waals surface area contributed by atoms with Crippen molar-refractivity contribution in [3.8, 4) is 0 Å². The summed E-state index contributed by atoms with van der Waals surface area (Å²) in [6.45, 7) is 0. The molecule has 0 unspecified atom stereocenters. The van der Waals surface area contributed by atoms with Gasteiger partial charge in [-0.25, -0.2) is 0 Å². The van der Waals surface area contributed by atoms with Gasteiger partial charge in [0.25, 0.3) is 0 Å². The quantitative estimate of drug-likeness (QED) is 0.397. The van der Waals surface area contributed by atoms with E-state index in [1.165, 1.54) is 0 Å². The van der Waals surface area contributed by atoms with E-state index in [2.05, 4.69) is 0 Å². The van der Waals surface area contributed by atoms with Crippen LogP contribution in [0.3, 0.4) is 0 Å². The zero-order valence-electron chi connectivity index (χ0n) is 1.36. The van der Waals surface area contributed by atoms with Crippen molar-refractivity contribution >= 4 is 73.6 Å². The van der Waals surface area contributed by atoms with Crippen molar-refractivity contribution < 1.29 is 25.2 Å². The fourth-order valence-electron chi connectivity index (χ4n) is 0. The average Bonchev–Trinajstić information content (AvgIpc) is 1.00. The van der Waals surface area contributed by atoms with Crippen LogP contribution in [0.15, 0.2) is 0 Å². The molecule has 0 aromatic carbocycles. The standard InChI is InChI=1S/Ba.Bi.Nb.O.3H. The second kappa shape index (κ2) is 16.7. The summed E-state index contributed by atoms with van der Waals surface area (Å²) >= 11 is 0.0556. The molecule has 0 N–H and O–H groups in total. The van der Waals surface area contributed by atoms with Crippen LogP contribution >= 0.6 is 0 Å². The molecule has 0 saturated heterocycles. The second-order valence-electron chi connectivity index (χ2n) is 0. The van der Waals surface area contributed by atoms with E-state index < -0.39 is 0 Å². The van der Waals surface area contributed by atoms with Crippen LogP contribution in [0.4, 0.5) is 0 Å². The summed E-state index contributed by atoms with van der Waals surface area (Å²) in [6, 6.07) is 0. The first-order valence-corrected chi connectivity index (χ1v) is 1.79. The summed E-state index contributed by atoms with van der Waals surface area (Å²) in [5, 5.41) is 0. The summed E-state index contributed by atoms with van der Waals surface area (Å²) < 4.78 is 8.39. The molecule has 0 amide bonds. The van der Waals surface area contributed by atoms with Crippen molar-refractivity contribution in [3.05, 3.63) is 0 Å². The van der Waals surface area contributed by atoms with Crippen LogP contribution in [0.5, 0.6) is 0 Å². The Bertz CT molecular complexity index is 8.00. The van der Waals surface area contributed by atoms with Gasteiger partial charge < -0.3 is 0 Å². The van der Waals surface area contributed by atoms with Gasteiger partial charge in [-0.15, -0.1) is 0 Å². The van der Waals surface area contributed by atoms with Gasteiger partial charge in [-0.2, -0.15) is 0 Å². The Morgan fingerprint density at radius 3 is 1.25 bits per heavy atom. The average molecular weight is 458 g/mol. The zero-order chi connectivity index (χ0) is 2.00. The van der Waals surface area contributed by atoms with Crippen molar-refractivity contribution in [1.29, 1.82) is 0 Å². The van der Waals surface area contributed by atoms with Crippen molar-refractivity contribution in [1.82, 2.24) is 0 Å². The molecule has 0 atom stereocenters. The van der Waals surface area contributed by atoms with Crippen LogP contribution < -0.4 is 0 Å². The van der Waals surface area contributed by atoms with Gasteiger partial charge in [-0.1, -0.05) is 0 Å². The SMILES string of the molecule is [BaH2].[Nb].[O]=[BiH]. The summed E-state index contributed by atoms with van der Waals surface area (Å²) in [4.78, 5) is 0. The van der Waals surface area contributed by atoms with Crippen LogP contribution in [0.25, 0.3) is 0 Å². The number of rotatable bonds is 0. The third-order valence-corrected chi connectivity index (χ3v) is 0. The van der Waals surface area contributed by atoms with Crippen molar-refractivity contribution in [3.63, 3.8) is 0 Å². The molecule has 0 spiro atoms. The van der Waals surface area contributed by atoms with E-state index >= 15 is 0 Å². The molecule has 4 heavy (non-hydrogen) atoms. The third-order valence-electron chi connectivity index (χ3n) is 0. The van der Waals surface area contributed by atoms with Crippen molar-refractivity contribution in [2.45, 2.75) is 0 Å². The molecule has 0 fully saturated rings. The van der Waals surface area contributed by atoms with E-state index in [0.717, 1.165) is 0 Å². The fraction of sp³-hybridized carbons (Fsp3) is 0. The molecule has 0 aliphatic heterocycles. The first kappa shape index (κ1) is 15.8. The van der Waals surface area contributed by atoms with Crippen LogP contribution in [0, 0.1) is 0 Å². The summed E-state index contributed by atoms with van der Waals surface area (Å²) in [5.41, 5.74) is 0. The van der Waals surface area contributed by atoms with Crippen molar-refractivity contribution in [2.24, 2.45) is 0 Å². The van der Waals surface area contributed by atoms with E-state index in [1.54, 1.807) is 0 Å². The minimum absolute atomic E-state index is 0. The Hall–Kier alpha value is 2.99. The van der Waals surface area contributed by atoms with Gasteiger partial charge >= 0.3 is 76.4 Å². The monoisotopic (exact) mass is 459 g/mol. The van der Waals surface area contributed by atoms with E-state index in [0.29, 0.717) is 0 Å². The molecule has 0 heterocycles. The Labute approximate surface area is 96.2 Å². The first-order chi connectivity index (χ1) is 1.00. The van der Waals surface area contributed by atoms with Crippen LogP contribution in [-0.2, 0) is 25.2 Å². The Morgan fingerprint density at radius 2 is 1.25 bits per heavy atom. The van der Waals surface area contributed by atoms with Gasteiger partial charge in [0.2, 0.25) is 0 Å². The minimum atomic E-state index is 0. The van der Waals surface area contributed by atoms with Crippen LogP contribution in [0.1, 0.15) is 0 Å². The molecule has 0 aliphatic rings. The molecule has 0 aliphatic carbocycles. The van der Waals surface area contributed by atoms with E-state index in [9.17, 15) is 0 Å². The molecule has 0 aromatic rings. The van der Waals surface area contributed by atoms with Crippen molar-refractivity contribution in [2.75, 3.05) is 0 Å². The topological polar surface area (TPSA) is 17.1 Å². The molecule has 0 rings (SSSR count). The molecule has 0 aromatic heterocycles. The molecule has 0 bridgehead atoms. The molecule has 1 nitrogen and oxygen atoms in total. The van der Waals surface area contributed by atoms with Gasteiger partial charge in [0.05, 0.1) is 0 Å². The maximum absolute atomic E-state index is 8.39. The summed E-state index contributed by atoms with van der Waals surface area (Å²) in [6.07, 6.45) is 0. The van der Waals surface area contributed by atoms with Gasteiger partial charge in [0.1, 0.15) is 0 Å². The zero-order valence-corrected chi connectivity index (χ0v) is 7.44. The number of hydrogen-bond acceptors (Lipinski definition) is 1. The van der Waals surface area contributed by atoms with Gasteiger partial charge in [-0.3, -0.25) is 0 Å². The maximum atomic E-state index is 8.39. The molecule has 1 radical (unpaired) electrons. The van der Waals surface area contributed by atoms with Gasteiger partial charge in [0, 0.05) is 22.4 Å². The summed E-state index contributed by atoms with van der Waals surface area (Å²) in [5.74, 6) is 0. The van der Waals surface area contributed by atoms with Gasteiger partial charge in [0.15, 0.2) is 0 Å². The molecule has 4 heteroatoms. The Balaban J connectivity index is -0.00000000500. The predicted octanol–water partition coefficient (Wildman–Crippen LogP) is -1.69. The van der Waals surface area contributed by atoms with E-state index in [1.807, 2.05) is 0 Å². The van der Waals surface area contributed by atoms with Gasteiger partial charge in [-0.05, 0) is 0 Å². The predicted molar refractivity (Wildman–Crippen MR) is 16.4 cm³/mol. The van der Waals surface area contributed by atoms with Crippen LogP contribution in [-0.4, -0.2) is 73.6 Å². The Morgan fingerprint density at radius 1 is 1.25 bits per heavy atom. The molecular weight excluding hydrogens is 455 g/mol. The van der Waals surface area contributed by atoms with E-state index in [-0.39, 0.29) is 96.0 Å². The first-order valence-electron chi connectivity index (χ1n) is 0.204. The number of hydrogen-bond donors (Lipinski definition) is 0. The molecule has 21 valence electrons. The fourth-order valence-corrected chi connectivity index (χ4v) is 0. The second-order valence-corrected chi connectivity index (χ2v) is 0. The summed E-state index contributed by atoms with van der Waals surface area (Å²) in [7, 11) is 0. The van der Waals surface area contributed by atoms with Crippen LogP contribution in [0.2, 0.25) is 0 Å². The molecule has 0 saturated carbocycles. The third kappa shape index (κ3) is 8.89. The molecular formula is H3BaBiNbO.